The summed E-state index contributed by atoms with van der Waals surface area (Å²) in [5.41, 5.74) is 4.47. The van der Waals surface area contributed by atoms with Crippen LogP contribution in [0.15, 0.2) is 48.5 Å². The minimum atomic E-state index is 0.169. The Labute approximate surface area is 160 Å². The van der Waals surface area contributed by atoms with Gasteiger partial charge >= 0.3 is 0 Å². The lowest BCUT2D eigenvalue weighted by molar-refractivity contribution is -0.122. The van der Waals surface area contributed by atoms with Crippen molar-refractivity contribution in [2.45, 2.75) is 52.0 Å². The monoisotopic (exact) mass is 361 g/mol. The number of fused-ring (bicyclic) bond motifs is 1. The first-order valence-corrected chi connectivity index (χ1v) is 10.1. The van der Waals surface area contributed by atoms with Crippen molar-refractivity contribution >= 4 is 22.6 Å². The average Bonchev–Trinajstić information content (AvgIpc) is 2.98. The summed E-state index contributed by atoms with van der Waals surface area (Å²) < 4.78 is 2.35. The van der Waals surface area contributed by atoms with Crippen molar-refractivity contribution in [2.75, 3.05) is 5.32 Å². The number of rotatable bonds is 7. The lowest BCUT2D eigenvalue weighted by Gasteiger charge is -2.24. The number of aryl methyl sites for hydroxylation is 3. The molecule has 4 nitrogen and oxygen atoms in total. The molecule has 140 valence electrons. The van der Waals surface area contributed by atoms with Crippen LogP contribution in [0, 0.1) is 5.92 Å². The van der Waals surface area contributed by atoms with Crippen LogP contribution in [0.2, 0.25) is 0 Å². The fourth-order valence-electron chi connectivity index (χ4n) is 3.72. The van der Waals surface area contributed by atoms with Gasteiger partial charge in [0.15, 0.2) is 0 Å². The maximum Gasteiger partial charge on any atom is 0.227 e. The van der Waals surface area contributed by atoms with Crippen molar-refractivity contribution < 1.29 is 4.79 Å². The zero-order chi connectivity index (χ0) is 18.6. The van der Waals surface area contributed by atoms with E-state index in [1.54, 1.807) is 0 Å². The molecule has 0 spiro atoms. The molecule has 27 heavy (non-hydrogen) atoms. The second-order valence-corrected chi connectivity index (χ2v) is 7.48. The molecule has 1 heterocycles. The van der Waals surface area contributed by atoms with Gasteiger partial charge in [0.25, 0.3) is 0 Å². The number of anilines is 1. The summed E-state index contributed by atoms with van der Waals surface area (Å²) in [6, 6.07) is 16.6. The largest absolute Gasteiger partial charge is 0.328 e. The van der Waals surface area contributed by atoms with E-state index in [1.165, 1.54) is 17.5 Å². The lowest BCUT2D eigenvalue weighted by Crippen LogP contribution is -2.27. The minimum absolute atomic E-state index is 0.169. The number of benzene rings is 2. The number of carbonyl (C=O) groups excluding carboxylic acids is 1. The number of imidazole rings is 1. The number of nitrogens with zero attached hydrogens (tertiary/aromatic N) is 2. The van der Waals surface area contributed by atoms with E-state index >= 15 is 0 Å². The van der Waals surface area contributed by atoms with E-state index in [0.717, 1.165) is 55.7 Å². The van der Waals surface area contributed by atoms with Crippen LogP contribution in [0.3, 0.4) is 0 Å². The highest BCUT2D eigenvalue weighted by Gasteiger charge is 2.25. The Morgan fingerprint density at radius 1 is 1.11 bits per heavy atom. The number of aromatic nitrogens is 2. The summed E-state index contributed by atoms with van der Waals surface area (Å²) >= 11 is 0. The number of amides is 1. The Morgan fingerprint density at radius 3 is 2.59 bits per heavy atom. The number of nitrogens with one attached hydrogen (secondary N) is 1. The summed E-state index contributed by atoms with van der Waals surface area (Å²) in [6.07, 6.45) is 6.21. The van der Waals surface area contributed by atoms with Gasteiger partial charge < -0.3 is 9.88 Å². The molecule has 4 heteroatoms. The highest BCUT2D eigenvalue weighted by Crippen LogP contribution is 2.27. The SMILES string of the molecule is CCCn1c(CCc2ccc(NC(=O)C3CCC3)cc2)nc2ccccc21. The molecule has 1 aromatic heterocycles. The predicted molar refractivity (Wildman–Crippen MR) is 110 cm³/mol. The van der Waals surface area contributed by atoms with E-state index in [2.05, 4.69) is 47.1 Å². The average molecular weight is 361 g/mol. The van der Waals surface area contributed by atoms with Crippen molar-refractivity contribution in [3.8, 4) is 0 Å². The van der Waals surface area contributed by atoms with Crippen LogP contribution in [0.25, 0.3) is 11.0 Å². The summed E-state index contributed by atoms with van der Waals surface area (Å²) in [4.78, 5) is 16.9. The first-order chi connectivity index (χ1) is 13.2. The summed E-state index contributed by atoms with van der Waals surface area (Å²) in [7, 11) is 0. The van der Waals surface area contributed by atoms with Crippen LogP contribution in [-0.4, -0.2) is 15.5 Å². The van der Waals surface area contributed by atoms with Crippen molar-refractivity contribution in [1.82, 2.24) is 9.55 Å². The topological polar surface area (TPSA) is 46.9 Å². The molecule has 4 rings (SSSR count). The molecule has 1 saturated carbocycles. The Morgan fingerprint density at radius 2 is 1.89 bits per heavy atom. The van der Waals surface area contributed by atoms with Gasteiger partial charge in [0.1, 0.15) is 5.82 Å². The van der Waals surface area contributed by atoms with Gasteiger partial charge in [0.2, 0.25) is 5.91 Å². The highest BCUT2D eigenvalue weighted by atomic mass is 16.1. The van der Waals surface area contributed by atoms with Gasteiger partial charge in [-0.1, -0.05) is 37.6 Å². The van der Waals surface area contributed by atoms with E-state index < -0.39 is 0 Å². The summed E-state index contributed by atoms with van der Waals surface area (Å²) in [5, 5.41) is 3.03. The predicted octanol–water partition coefficient (Wildman–Crippen LogP) is 4.97. The molecule has 1 aliphatic rings. The van der Waals surface area contributed by atoms with Crippen molar-refractivity contribution in [3.63, 3.8) is 0 Å². The Bertz CT molecular complexity index is 922. The van der Waals surface area contributed by atoms with Gasteiger partial charge in [-0.05, 0) is 55.5 Å². The Hall–Kier alpha value is -2.62. The zero-order valence-corrected chi connectivity index (χ0v) is 15.9. The van der Waals surface area contributed by atoms with Crippen molar-refractivity contribution in [3.05, 3.63) is 59.9 Å². The van der Waals surface area contributed by atoms with Gasteiger partial charge in [-0.3, -0.25) is 4.79 Å². The van der Waals surface area contributed by atoms with E-state index in [-0.39, 0.29) is 11.8 Å². The maximum atomic E-state index is 12.1. The van der Waals surface area contributed by atoms with Crippen LogP contribution in [0.4, 0.5) is 5.69 Å². The number of para-hydroxylation sites is 2. The molecular weight excluding hydrogens is 334 g/mol. The van der Waals surface area contributed by atoms with Gasteiger partial charge in [-0.2, -0.15) is 0 Å². The first-order valence-electron chi connectivity index (χ1n) is 10.1. The zero-order valence-electron chi connectivity index (χ0n) is 15.9. The third-order valence-corrected chi connectivity index (χ3v) is 5.52. The molecule has 0 atom stereocenters. The molecule has 3 aromatic rings. The Kier molecular flexibility index (Phi) is 5.23. The van der Waals surface area contributed by atoms with E-state index in [4.69, 9.17) is 4.98 Å². The van der Waals surface area contributed by atoms with Crippen molar-refractivity contribution in [2.24, 2.45) is 5.92 Å². The van der Waals surface area contributed by atoms with Gasteiger partial charge in [-0.25, -0.2) is 4.98 Å². The van der Waals surface area contributed by atoms with Gasteiger partial charge in [0, 0.05) is 24.6 Å². The second-order valence-electron chi connectivity index (χ2n) is 7.48. The van der Waals surface area contributed by atoms with E-state index in [9.17, 15) is 4.79 Å². The molecule has 2 aromatic carbocycles. The first kappa shape index (κ1) is 17.8. The molecule has 0 saturated heterocycles. The van der Waals surface area contributed by atoms with Crippen LogP contribution in [0.1, 0.15) is 44.0 Å². The van der Waals surface area contributed by atoms with Crippen LogP contribution in [-0.2, 0) is 24.2 Å². The van der Waals surface area contributed by atoms with Gasteiger partial charge in [0.05, 0.1) is 11.0 Å². The van der Waals surface area contributed by atoms with Crippen LogP contribution < -0.4 is 5.32 Å². The summed E-state index contributed by atoms with van der Waals surface area (Å²) in [6.45, 7) is 3.21. The summed E-state index contributed by atoms with van der Waals surface area (Å²) in [5.74, 6) is 1.54. The maximum absolute atomic E-state index is 12.1. The standard InChI is InChI=1S/C23H27N3O/c1-2-16-26-21-9-4-3-8-20(21)25-22(26)15-12-17-10-13-19(14-11-17)24-23(27)18-6-5-7-18/h3-4,8-11,13-14,18H,2,5-7,12,15-16H2,1H3,(H,24,27). The number of carbonyl (C=O) groups is 1. The van der Waals surface area contributed by atoms with Gasteiger partial charge in [-0.15, -0.1) is 0 Å². The molecular formula is C23H27N3O. The molecule has 0 bridgehead atoms. The quantitative estimate of drug-likeness (QED) is 0.646. The lowest BCUT2D eigenvalue weighted by atomic mass is 9.85. The third kappa shape index (κ3) is 3.90. The fourth-order valence-corrected chi connectivity index (χ4v) is 3.72. The van der Waals surface area contributed by atoms with E-state index in [1.807, 2.05) is 18.2 Å². The minimum Gasteiger partial charge on any atom is -0.328 e. The normalized spacial score (nSPS) is 14.3. The second kappa shape index (κ2) is 7.95. The molecule has 0 radical (unpaired) electrons. The smallest absolute Gasteiger partial charge is 0.227 e. The van der Waals surface area contributed by atoms with Crippen LogP contribution >= 0.6 is 0 Å². The van der Waals surface area contributed by atoms with E-state index in [0.29, 0.717) is 0 Å². The third-order valence-electron chi connectivity index (χ3n) is 5.52. The molecule has 0 unspecified atom stereocenters. The molecule has 1 N–H and O–H groups in total. The molecule has 0 aliphatic heterocycles. The fraction of sp³-hybridized carbons (Fsp3) is 0.391. The molecule has 1 aliphatic carbocycles. The molecule has 1 amide bonds. The Balaban J connectivity index is 1.42. The van der Waals surface area contributed by atoms with Crippen molar-refractivity contribution in [1.29, 1.82) is 0 Å². The number of hydrogen-bond acceptors (Lipinski definition) is 2. The highest BCUT2D eigenvalue weighted by molar-refractivity contribution is 5.93. The van der Waals surface area contributed by atoms with Crippen LogP contribution in [0.5, 0.6) is 0 Å². The number of hydrogen-bond donors (Lipinski definition) is 1. The molecule has 1 fully saturated rings.